The number of carbonyl (C=O) groups excluding carboxylic acids is 2. The lowest BCUT2D eigenvalue weighted by atomic mass is 10.1. The van der Waals surface area contributed by atoms with Gasteiger partial charge in [-0.25, -0.2) is 4.79 Å². The third kappa shape index (κ3) is 5.90. The van der Waals surface area contributed by atoms with Crippen LogP contribution >= 0.6 is 0 Å². The molecule has 1 heterocycles. The first-order valence-corrected chi connectivity index (χ1v) is 7.98. The number of rotatable bonds is 6. The second-order valence-electron chi connectivity index (χ2n) is 5.63. The summed E-state index contributed by atoms with van der Waals surface area (Å²) < 4.78 is 10.4. The fraction of sp³-hybridized carbons (Fsp3) is 0.529. The molecule has 1 aromatic carbocycles. The highest BCUT2D eigenvalue weighted by atomic mass is 16.6. The first-order chi connectivity index (χ1) is 11.2. The van der Waals surface area contributed by atoms with Crippen molar-refractivity contribution >= 4 is 12.1 Å². The minimum absolute atomic E-state index is 0.175. The minimum Gasteiger partial charge on any atom is -0.463 e. The zero-order chi connectivity index (χ0) is 16.5. The summed E-state index contributed by atoms with van der Waals surface area (Å²) in [4.78, 5) is 25.1. The predicted octanol–water partition coefficient (Wildman–Crippen LogP) is 1.94. The molecule has 1 amide bonds. The molecule has 1 aliphatic rings. The van der Waals surface area contributed by atoms with Gasteiger partial charge in [-0.1, -0.05) is 36.8 Å². The molecule has 0 radical (unpaired) electrons. The lowest BCUT2D eigenvalue weighted by molar-refractivity contribution is -0.147. The number of nitrogens with one attached hydrogen (secondary N) is 1. The van der Waals surface area contributed by atoms with Gasteiger partial charge in [0, 0.05) is 7.05 Å². The van der Waals surface area contributed by atoms with Crippen molar-refractivity contribution in [2.45, 2.75) is 31.9 Å². The Kier molecular flexibility index (Phi) is 6.87. The second-order valence-corrected chi connectivity index (χ2v) is 5.63. The van der Waals surface area contributed by atoms with Crippen LogP contribution in [-0.4, -0.2) is 49.7 Å². The zero-order valence-electron chi connectivity index (χ0n) is 13.5. The maximum Gasteiger partial charge on any atom is 0.409 e. The van der Waals surface area contributed by atoms with E-state index in [-0.39, 0.29) is 25.2 Å². The molecule has 0 aromatic heterocycles. The first kappa shape index (κ1) is 17.3. The topological polar surface area (TPSA) is 67.9 Å². The standard InChI is InChI=1S/C17H24N2O4/c1-19(17(21)23-13-14-7-3-2-4-8-14)11-12-22-16(20)15-9-5-6-10-18-15/h2-4,7-8,15,18H,5-6,9-13H2,1H3. The molecule has 0 aliphatic carbocycles. The monoisotopic (exact) mass is 320 g/mol. The smallest absolute Gasteiger partial charge is 0.409 e. The maximum atomic E-state index is 11.8. The van der Waals surface area contributed by atoms with Gasteiger partial charge in [-0.05, 0) is 24.9 Å². The molecular weight excluding hydrogens is 296 g/mol. The fourth-order valence-corrected chi connectivity index (χ4v) is 2.36. The van der Waals surface area contributed by atoms with Crippen molar-refractivity contribution in [2.75, 3.05) is 26.7 Å². The number of ether oxygens (including phenoxy) is 2. The minimum atomic E-state index is -0.430. The lowest BCUT2D eigenvalue weighted by Gasteiger charge is -2.22. The number of carbonyl (C=O) groups is 2. The zero-order valence-corrected chi connectivity index (χ0v) is 13.5. The van der Waals surface area contributed by atoms with Crippen LogP contribution in [0.2, 0.25) is 0 Å². The van der Waals surface area contributed by atoms with E-state index in [1.54, 1.807) is 7.05 Å². The number of amides is 1. The third-order valence-electron chi connectivity index (χ3n) is 3.78. The summed E-state index contributed by atoms with van der Waals surface area (Å²) in [6, 6.07) is 9.28. The molecular formula is C17H24N2O4. The SMILES string of the molecule is CN(CCOC(=O)C1CCCCN1)C(=O)OCc1ccccc1. The molecule has 1 aromatic rings. The average molecular weight is 320 g/mol. The van der Waals surface area contributed by atoms with Gasteiger partial charge in [-0.2, -0.15) is 0 Å². The molecule has 2 rings (SSSR count). The number of hydrogen-bond acceptors (Lipinski definition) is 5. The number of nitrogens with zero attached hydrogens (tertiary/aromatic N) is 1. The van der Waals surface area contributed by atoms with E-state index in [1.165, 1.54) is 4.90 Å². The second kappa shape index (κ2) is 9.15. The lowest BCUT2D eigenvalue weighted by Crippen LogP contribution is -2.42. The van der Waals surface area contributed by atoms with E-state index in [9.17, 15) is 9.59 Å². The largest absolute Gasteiger partial charge is 0.463 e. The number of likely N-dealkylation sites (N-methyl/N-ethyl adjacent to an activating group) is 1. The van der Waals surface area contributed by atoms with Crippen molar-refractivity contribution in [1.82, 2.24) is 10.2 Å². The van der Waals surface area contributed by atoms with Crippen LogP contribution in [0, 0.1) is 0 Å². The van der Waals surface area contributed by atoms with E-state index < -0.39 is 6.09 Å². The van der Waals surface area contributed by atoms with E-state index in [0.29, 0.717) is 6.54 Å². The van der Waals surface area contributed by atoms with Crippen LogP contribution in [0.5, 0.6) is 0 Å². The maximum absolute atomic E-state index is 11.8. The Morgan fingerprint density at radius 2 is 2.00 bits per heavy atom. The molecule has 1 aliphatic heterocycles. The average Bonchev–Trinajstić information content (AvgIpc) is 2.61. The van der Waals surface area contributed by atoms with Crippen LogP contribution in [0.25, 0.3) is 0 Å². The highest BCUT2D eigenvalue weighted by Crippen LogP contribution is 2.08. The molecule has 126 valence electrons. The van der Waals surface area contributed by atoms with Gasteiger partial charge in [0.05, 0.1) is 6.54 Å². The first-order valence-electron chi connectivity index (χ1n) is 7.98. The van der Waals surface area contributed by atoms with Crippen LogP contribution in [0.4, 0.5) is 4.79 Å². The van der Waals surface area contributed by atoms with Gasteiger partial charge in [-0.3, -0.25) is 4.79 Å². The van der Waals surface area contributed by atoms with Gasteiger partial charge in [0.1, 0.15) is 19.3 Å². The number of piperidine rings is 1. The summed E-state index contributed by atoms with van der Waals surface area (Å²) in [6.45, 7) is 1.57. The van der Waals surface area contributed by atoms with Crippen molar-refractivity contribution in [3.8, 4) is 0 Å². The van der Waals surface area contributed by atoms with Crippen molar-refractivity contribution in [3.05, 3.63) is 35.9 Å². The van der Waals surface area contributed by atoms with Gasteiger partial charge < -0.3 is 19.7 Å². The summed E-state index contributed by atoms with van der Waals surface area (Å²) in [7, 11) is 1.63. The Morgan fingerprint density at radius 3 is 2.70 bits per heavy atom. The Balaban J connectivity index is 1.62. The van der Waals surface area contributed by atoms with E-state index in [4.69, 9.17) is 9.47 Å². The van der Waals surface area contributed by atoms with Gasteiger partial charge >= 0.3 is 12.1 Å². The normalized spacial score (nSPS) is 17.3. The third-order valence-corrected chi connectivity index (χ3v) is 3.78. The van der Waals surface area contributed by atoms with E-state index in [0.717, 1.165) is 31.4 Å². The quantitative estimate of drug-likeness (QED) is 0.811. The van der Waals surface area contributed by atoms with Gasteiger partial charge in [0.25, 0.3) is 0 Å². The van der Waals surface area contributed by atoms with Crippen molar-refractivity contribution in [1.29, 1.82) is 0 Å². The highest BCUT2D eigenvalue weighted by molar-refractivity contribution is 5.75. The summed E-state index contributed by atoms with van der Waals surface area (Å²) >= 11 is 0. The Morgan fingerprint density at radius 1 is 1.22 bits per heavy atom. The molecule has 1 atom stereocenters. The van der Waals surface area contributed by atoms with Crippen molar-refractivity contribution in [2.24, 2.45) is 0 Å². The Labute approximate surface area is 136 Å². The summed E-state index contributed by atoms with van der Waals surface area (Å²) in [5, 5.41) is 3.14. The molecule has 1 fully saturated rings. The predicted molar refractivity (Wildman–Crippen MR) is 85.9 cm³/mol. The van der Waals surface area contributed by atoms with Crippen LogP contribution < -0.4 is 5.32 Å². The molecule has 1 N–H and O–H groups in total. The number of esters is 1. The molecule has 0 bridgehead atoms. The molecule has 23 heavy (non-hydrogen) atoms. The van der Waals surface area contributed by atoms with Crippen LogP contribution in [-0.2, 0) is 20.9 Å². The van der Waals surface area contributed by atoms with Gasteiger partial charge in [0.15, 0.2) is 0 Å². The van der Waals surface area contributed by atoms with E-state index in [2.05, 4.69) is 5.32 Å². The summed E-state index contributed by atoms with van der Waals surface area (Å²) in [5.74, 6) is -0.240. The summed E-state index contributed by atoms with van der Waals surface area (Å²) in [6.07, 6.45) is 2.52. The Bertz CT molecular complexity index is 501. The van der Waals surface area contributed by atoms with Crippen molar-refractivity contribution < 1.29 is 19.1 Å². The summed E-state index contributed by atoms with van der Waals surface area (Å²) in [5.41, 5.74) is 0.934. The van der Waals surface area contributed by atoms with Gasteiger partial charge in [0.2, 0.25) is 0 Å². The van der Waals surface area contributed by atoms with E-state index >= 15 is 0 Å². The van der Waals surface area contributed by atoms with Crippen molar-refractivity contribution in [3.63, 3.8) is 0 Å². The van der Waals surface area contributed by atoms with Crippen LogP contribution in [0.3, 0.4) is 0 Å². The van der Waals surface area contributed by atoms with E-state index in [1.807, 2.05) is 30.3 Å². The Hall–Kier alpha value is -2.08. The molecule has 1 saturated heterocycles. The van der Waals surface area contributed by atoms with Crippen LogP contribution in [0.15, 0.2) is 30.3 Å². The molecule has 6 nitrogen and oxygen atoms in total. The molecule has 1 unspecified atom stereocenters. The molecule has 0 saturated carbocycles. The molecule has 0 spiro atoms. The molecule has 6 heteroatoms. The van der Waals surface area contributed by atoms with Crippen LogP contribution in [0.1, 0.15) is 24.8 Å². The van der Waals surface area contributed by atoms with Gasteiger partial charge in [-0.15, -0.1) is 0 Å². The number of benzene rings is 1. The fourth-order valence-electron chi connectivity index (χ4n) is 2.36. The number of hydrogen-bond donors (Lipinski definition) is 1. The highest BCUT2D eigenvalue weighted by Gasteiger charge is 2.22.